The van der Waals surface area contributed by atoms with Crippen molar-refractivity contribution < 1.29 is 4.74 Å². The van der Waals surface area contributed by atoms with E-state index in [-0.39, 0.29) is 6.61 Å². The van der Waals surface area contributed by atoms with Crippen LogP contribution in [0.5, 0.6) is 5.75 Å². The molecule has 0 fully saturated rings. The average molecular weight is 455 g/mol. The van der Waals surface area contributed by atoms with Gasteiger partial charge in [0.25, 0.3) is 0 Å². The summed E-state index contributed by atoms with van der Waals surface area (Å²) in [5.41, 5.74) is 11.0. The van der Waals surface area contributed by atoms with E-state index in [4.69, 9.17) is 15.5 Å². The van der Waals surface area contributed by atoms with Crippen LogP contribution in [0.25, 0.3) is 16.6 Å². The van der Waals surface area contributed by atoms with Crippen LogP contribution in [0.1, 0.15) is 30.9 Å². The highest BCUT2D eigenvalue weighted by Crippen LogP contribution is 2.23. The molecule has 4 aromatic rings. The van der Waals surface area contributed by atoms with Crippen molar-refractivity contribution in [3.8, 4) is 5.75 Å². The van der Waals surface area contributed by atoms with Crippen LogP contribution in [0.4, 0.5) is 11.6 Å². The molecule has 3 N–H and O–H groups in total. The minimum absolute atomic E-state index is 0.198. The summed E-state index contributed by atoms with van der Waals surface area (Å²) in [6.07, 6.45) is 8.55. The van der Waals surface area contributed by atoms with Gasteiger partial charge >= 0.3 is 0 Å². The average Bonchev–Trinajstić information content (AvgIpc) is 2.86. The third-order valence-electron chi connectivity index (χ3n) is 5.10. The molecule has 9 nitrogen and oxygen atoms in total. The Labute approximate surface area is 197 Å². The number of nitrogens with one attached hydrogen (secondary N) is 1. The molecule has 0 saturated heterocycles. The van der Waals surface area contributed by atoms with E-state index in [0.29, 0.717) is 34.5 Å². The van der Waals surface area contributed by atoms with Crippen LogP contribution < -0.4 is 15.8 Å². The van der Waals surface area contributed by atoms with Crippen LogP contribution in [0.15, 0.2) is 71.9 Å². The summed E-state index contributed by atoms with van der Waals surface area (Å²) in [4.78, 5) is 17.4. The summed E-state index contributed by atoms with van der Waals surface area (Å²) in [6, 6.07) is 11.2. The van der Waals surface area contributed by atoms with Crippen molar-refractivity contribution in [3.05, 3.63) is 78.0 Å². The fraction of sp³-hybridized carbons (Fsp3) is 0.200. The molecule has 172 valence electrons. The van der Waals surface area contributed by atoms with Gasteiger partial charge in [0, 0.05) is 43.0 Å². The van der Waals surface area contributed by atoms with E-state index >= 15 is 0 Å². The van der Waals surface area contributed by atoms with Gasteiger partial charge in [-0.15, -0.1) is 5.10 Å². The molecule has 9 heteroatoms. The van der Waals surface area contributed by atoms with Crippen molar-refractivity contribution in [1.29, 1.82) is 0 Å². The molecular weight excluding hydrogens is 428 g/mol. The van der Waals surface area contributed by atoms with E-state index in [1.54, 1.807) is 50.2 Å². The first-order valence-electron chi connectivity index (χ1n) is 10.8. The van der Waals surface area contributed by atoms with E-state index in [2.05, 4.69) is 44.3 Å². The Kier molecular flexibility index (Phi) is 7.02. The Bertz CT molecular complexity index is 1340. The lowest BCUT2D eigenvalue weighted by Gasteiger charge is -2.11. The van der Waals surface area contributed by atoms with Gasteiger partial charge in [-0.3, -0.25) is 15.0 Å². The second-order valence-corrected chi connectivity index (χ2v) is 7.91. The minimum atomic E-state index is 0.198. The van der Waals surface area contributed by atoms with Crippen molar-refractivity contribution >= 4 is 34.5 Å². The van der Waals surface area contributed by atoms with Crippen LogP contribution in [0.3, 0.4) is 0 Å². The number of rotatable bonds is 8. The summed E-state index contributed by atoms with van der Waals surface area (Å²) in [6.45, 7) is 4.42. The van der Waals surface area contributed by atoms with Crippen LogP contribution >= 0.6 is 0 Å². The van der Waals surface area contributed by atoms with Gasteiger partial charge in [0.15, 0.2) is 5.82 Å². The van der Waals surface area contributed by atoms with E-state index in [0.717, 1.165) is 22.2 Å². The fourth-order valence-corrected chi connectivity index (χ4v) is 3.26. The lowest BCUT2D eigenvalue weighted by molar-refractivity contribution is 0.351. The number of pyridine rings is 3. The van der Waals surface area contributed by atoms with Gasteiger partial charge in [0.1, 0.15) is 18.2 Å². The van der Waals surface area contributed by atoms with Gasteiger partial charge in [0.2, 0.25) is 0 Å². The Balaban J connectivity index is 1.62. The molecule has 0 aromatic carbocycles. The van der Waals surface area contributed by atoms with Crippen molar-refractivity contribution in [3.63, 3.8) is 0 Å². The number of aliphatic imine (C=N–C) groups is 1. The Hall–Kier alpha value is -4.40. The van der Waals surface area contributed by atoms with Crippen molar-refractivity contribution in [2.24, 2.45) is 10.7 Å². The summed E-state index contributed by atoms with van der Waals surface area (Å²) in [5.74, 6) is 2.32. The Morgan fingerprint density at radius 3 is 2.68 bits per heavy atom. The van der Waals surface area contributed by atoms with Crippen LogP contribution in [-0.4, -0.2) is 45.0 Å². The summed E-state index contributed by atoms with van der Waals surface area (Å²) in [5, 5.41) is 11.5. The Morgan fingerprint density at radius 2 is 1.91 bits per heavy atom. The largest absolute Gasteiger partial charge is 0.487 e. The molecule has 4 aromatic heterocycles. The third-order valence-corrected chi connectivity index (χ3v) is 5.10. The third kappa shape index (κ3) is 5.50. The van der Waals surface area contributed by atoms with Gasteiger partial charge < -0.3 is 15.8 Å². The highest BCUT2D eigenvalue weighted by Gasteiger charge is 2.10. The molecule has 0 aliphatic heterocycles. The second-order valence-electron chi connectivity index (χ2n) is 7.91. The summed E-state index contributed by atoms with van der Waals surface area (Å²) in [7, 11) is 1.69. The molecular formula is C25H26N8O. The number of nitrogens with zero attached hydrogens (tertiary/aromatic N) is 6. The molecule has 0 unspecified atom stereocenters. The number of nitrogens with two attached hydrogens (primary N) is 1. The molecule has 0 amide bonds. The summed E-state index contributed by atoms with van der Waals surface area (Å²) >= 11 is 0. The molecule has 0 aliphatic carbocycles. The molecule has 0 radical (unpaired) electrons. The lowest BCUT2D eigenvalue weighted by atomic mass is 10.1. The topological polar surface area (TPSA) is 124 Å². The SMILES string of the molecule is CN=CC(=C(N)COc1ccncc1)c1cnc2ccc(Nc3cc(C(C)C)cnn3)nc2c1. The number of allylic oxidation sites excluding steroid dienone is 1. The smallest absolute Gasteiger partial charge is 0.154 e. The number of anilines is 2. The lowest BCUT2D eigenvalue weighted by Crippen LogP contribution is -2.13. The number of hydrogen-bond donors (Lipinski definition) is 2. The maximum Gasteiger partial charge on any atom is 0.154 e. The number of fused-ring (bicyclic) bond motifs is 1. The summed E-state index contributed by atoms with van der Waals surface area (Å²) < 4.78 is 5.77. The molecule has 0 saturated carbocycles. The quantitative estimate of drug-likeness (QED) is 0.381. The first-order chi connectivity index (χ1) is 16.5. The first-order valence-corrected chi connectivity index (χ1v) is 10.8. The molecule has 4 heterocycles. The van der Waals surface area contributed by atoms with Gasteiger partial charge in [0.05, 0.1) is 22.9 Å². The van der Waals surface area contributed by atoms with Crippen molar-refractivity contribution in [2.75, 3.05) is 19.0 Å². The molecule has 34 heavy (non-hydrogen) atoms. The van der Waals surface area contributed by atoms with Crippen LogP contribution in [0, 0.1) is 0 Å². The van der Waals surface area contributed by atoms with Gasteiger partial charge in [-0.25, -0.2) is 4.98 Å². The fourth-order valence-electron chi connectivity index (χ4n) is 3.26. The van der Waals surface area contributed by atoms with E-state index in [1.165, 1.54) is 0 Å². The van der Waals surface area contributed by atoms with E-state index in [1.807, 2.05) is 24.3 Å². The zero-order valence-corrected chi connectivity index (χ0v) is 19.3. The van der Waals surface area contributed by atoms with Gasteiger partial charge in [-0.1, -0.05) is 13.8 Å². The maximum absolute atomic E-state index is 6.37. The van der Waals surface area contributed by atoms with Gasteiger partial charge in [-0.2, -0.15) is 5.10 Å². The zero-order chi connectivity index (χ0) is 23.9. The van der Waals surface area contributed by atoms with Gasteiger partial charge in [-0.05, 0) is 47.9 Å². The predicted molar refractivity (Wildman–Crippen MR) is 134 cm³/mol. The minimum Gasteiger partial charge on any atom is -0.487 e. The van der Waals surface area contributed by atoms with Crippen molar-refractivity contribution in [2.45, 2.75) is 19.8 Å². The van der Waals surface area contributed by atoms with Crippen molar-refractivity contribution in [1.82, 2.24) is 25.1 Å². The molecule has 0 spiro atoms. The van der Waals surface area contributed by atoms with Crippen LogP contribution in [-0.2, 0) is 0 Å². The monoisotopic (exact) mass is 454 g/mol. The number of ether oxygens (including phenoxy) is 1. The van der Waals surface area contributed by atoms with Crippen LogP contribution in [0.2, 0.25) is 0 Å². The predicted octanol–water partition coefficient (Wildman–Crippen LogP) is 4.13. The molecule has 0 aliphatic rings. The van der Waals surface area contributed by atoms with E-state index < -0.39 is 0 Å². The standard InChI is InChI=1S/C25H26N8O/c1-16(2)17-11-25(33-30-13-17)32-24-5-4-22-23(31-24)10-18(12-29-22)20(14-27-3)21(26)15-34-19-6-8-28-9-7-19/h4-14,16H,15,26H2,1-3H3,(H,31,32,33). The number of hydrogen-bond acceptors (Lipinski definition) is 9. The Morgan fingerprint density at radius 1 is 1.09 bits per heavy atom. The first kappa shape index (κ1) is 22.8. The number of aromatic nitrogens is 5. The van der Waals surface area contributed by atoms with E-state index in [9.17, 15) is 0 Å². The second kappa shape index (κ2) is 10.5. The molecule has 4 rings (SSSR count). The molecule has 0 bridgehead atoms. The molecule has 0 atom stereocenters. The zero-order valence-electron chi connectivity index (χ0n) is 19.3. The maximum atomic E-state index is 6.37. The normalized spacial score (nSPS) is 12.2. The highest BCUT2D eigenvalue weighted by atomic mass is 16.5. The highest BCUT2D eigenvalue weighted by molar-refractivity contribution is 6.11.